The molecule has 1 heterocycles. The van der Waals surface area contributed by atoms with Gasteiger partial charge in [-0.25, -0.2) is 5.43 Å². The SMILES string of the molecule is CCOc1cc(/C=N\NC(=O)C(=O)NC[C@H]2CCCO2)cc(I)c1OCC(=O)Nc1ccccc1C(F)(F)F. The van der Waals surface area contributed by atoms with Crippen molar-refractivity contribution in [1.82, 2.24) is 10.7 Å². The largest absolute Gasteiger partial charge is 0.490 e. The molecule has 0 aliphatic carbocycles. The van der Waals surface area contributed by atoms with E-state index in [0.717, 1.165) is 25.0 Å². The van der Waals surface area contributed by atoms with Gasteiger partial charge in [-0.05, 0) is 72.2 Å². The fourth-order valence-electron chi connectivity index (χ4n) is 3.54. The monoisotopic (exact) mass is 662 g/mol. The average Bonchev–Trinajstić information content (AvgIpc) is 3.40. The van der Waals surface area contributed by atoms with E-state index in [4.69, 9.17) is 14.2 Å². The fourth-order valence-corrected chi connectivity index (χ4v) is 4.32. The van der Waals surface area contributed by atoms with Crippen molar-refractivity contribution in [1.29, 1.82) is 0 Å². The quantitative estimate of drug-likeness (QED) is 0.155. The molecule has 1 atom stereocenters. The zero-order chi connectivity index (χ0) is 28.4. The smallest absolute Gasteiger partial charge is 0.418 e. The van der Waals surface area contributed by atoms with Crippen molar-refractivity contribution in [3.05, 3.63) is 51.1 Å². The number of benzene rings is 2. The van der Waals surface area contributed by atoms with Gasteiger partial charge in [-0.15, -0.1) is 0 Å². The van der Waals surface area contributed by atoms with Crippen molar-refractivity contribution in [2.75, 3.05) is 31.7 Å². The van der Waals surface area contributed by atoms with Gasteiger partial charge in [0.15, 0.2) is 18.1 Å². The van der Waals surface area contributed by atoms with E-state index >= 15 is 0 Å². The van der Waals surface area contributed by atoms with E-state index in [2.05, 4.69) is 21.2 Å². The van der Waals surface area contributed by atoms with E-state index in [-0.39, 0.29) is 36.4 Å². The topological polar surface area (TPSA) is 127 Å². The van der Waals surface area contributed by atoms with Crippen molar-refractivity contribution >= 4 is 52.2 Å². The maximum Gasteiger partial charge on any atom is 0.418 e. The summed E-state index contributed by atoms with van der Waals surface area (Å²) in [6.07, 6.45) is -1.72. The van der Waals surface area contributed by atoms with Crippen molar-refractivity contribution in [2.45, 2.75) is 32.0 Å². The predicted octanol–water partition coefficient (Wildman–Crippen LogP) is 3.47. The Labute approximate surface area is 235 Å². The van der Waals surface area contributed by atoms with E-state index in [1.165, 1.54) is 24.4 Å². The molecular formula is C25H26F3IN4O6. The van der Waals surface area contributed by atoms with Gasteiger partial charge in [0.25, 0.3) is 5.91 Å². The third-order valence-corrected chi connectivity index (χ3v) is 6.09. The first-order valence-electron chi connectivity index (χ1n) is 11.9. The molecule has 0 bridgehead atoms. The molecule has 1 saturated heterocycles. The number of hydrogen-bond donors (Lipinski definition) is 3. The molecule has 10 nitrogen and oxygen atoms in total. The van der Waals surface area contributed by atoms with Crippen LogP contribution in [0.2, 0.25) is 0 Å². The van der Waals surface area contributed by atoms with E-state index in [0.29, 0.717) is 15.7 Å². The second-order valence-electron chi connectivity index (χ2n) is 8.19. The molecule has 2 aromatic carbocycles. The summed E-state index contributed by atoms with van der Waals surface area (Å²) >= 11 is 1.93. The van der Waals surface area contributed by atoms with Crippen LogP contribution in [0.3, 0.4) is 0 Å². The fraction of sp³-hybridized carbons (Fsp3) is 0.360. The Bertz CT molecular complexity index is 1220. The molecule has 210 valence electrons. The molecule has 0 radical (unpaired) electrons. The molecule has 3 amide bonds. The van der Waals surface area contributed by atoms with Crippen LogP contribution in [0.1, 0.15) is 30.9 Å². The van der Waals surface area contributed by atoms with Crippen molar-refractivity contribution in [3.63, 3.8) is 0 Å². The average molecular weight is 662 g/mol. The second-order valence-corrected chi connectivity index (χ2v) is 9.35. The van der Waals surface area contributed by atoms with Gasteiger partial charge in [-0.2, -0.15) is 18.3 Å². The summed E-state index contributed by atoms with van der Waals surface area (Å²) in [5.74, 6) is -2.13. The lowest BCUT2D eigenvalue weighted by Crippen LogP contribution is -2.41. The summed E-state index contributed by atoms with van der Waals surface area (Å²) in [5, 5.41) is 8.49. The highest BCUT2D eigenvalue weighted by atomic mass is 127. The van der Waals surface area contributed by atoms with E-state index in [9.17, 15) is 27.6 Å². The number of nitrogens with zero attached hydrogens (tertiary/aromatic N) is 1. The van der Waals surface area contributed by atoms with Gasteiger partial charge >= 0.3 is 18.0 Å². The second kappa shape index (κ2) is 14.1. The summed E-state index contributed by atoms with van der Waals surface area (Å²) in [6, 6.07) is 7.77. The van der Waals surface area contributed by atoms with Crippen LogP contribution in [0, 0.1) is 3.57 Å². The number of halogens is 4. The number of amides is 3. The Morgan fingerprint density at radius 2 is 1.95 bits per heavy atom. The number of anilines is 1. The summed E-state index contributed by atoms with van der Waals surface area (Å²) in [6.45, 7) is 2.27. The van der Waals surface area contributed by atoms with Crippen LogP contribution in [0.5, 0.6) is 11.5 Å². The van der Waals surface area contributed by atoms with Crippen molar-refractivity contribution < 1.29 is 41.8 Å². The summed E-state index contributed by atoms with van der Waals surface area (Å²) in [5.41, 5.74) is 1.27. The molecule has 2 aromatic rings. The van der Waals surface area contributed by atoms with Gasteiger partial charge in [0.1, 0.15) is 0 Å². The van der Waals surface area contributed by atoms with Crippen LogP contribution >= 0.6 is 22.6 Å². The molecule has 3 rings (SSSR count). The Kier molecular flexibility index (Phi) is 10.9. The molecule has 0 aromatic heterocycles. The zero-order valence-electron chi connectivity index (χ0n) is 20.8. The number of hydrogen-bond acceptors (Lipinski definition) is 7. The van der Waals surface area contributed by atoms with Gasteiger partial charge in [0, 0.05) is 13.2 Å². The number of rotatable bonds is 10. The highest BCUT2D eigenvalue weighted by molar-refractivity contribution is 14.1. The van der Waals surface area contributed by atoms with E-state index in [1.54, 1.807) is 13.0 Å². The Balaban J connectivity index is 1.60. The third kappa shape index (κ3) is 9.09. The molecule has 0 spiro atoms. The number of carbonyl (C=O) groups excluding carboxylic acids is 3. The summed E-state index contributed by atoms with van der Waals surface area (Å²) in [4.78, 5) is 36.2. The number of carbonyl (C=O) groups is 3. The van der Waals surface area contributed by atoms with Crippen LogP contribution in [-0.4, -0.2) is 56.4 Å². The Morgan fingerprint density at radius 1 is 1.18 bits per heavy atom. The highest BCUT2D eigenvalue weighted by Gasteiger charge is 2.33. The Hall–Kier alpha value is -3.40. The molecule has 1 aliphatic heterocycles. The van der Waals surface area contributed by atoms with Crippen LogP contribution < -0.4 is 25.5 Å². The summed E-state index contributed by atoms with van der Waals surface area (Å²) in [7, 11) is 0. The van der Waals surface area contributed by atoms with Gasteiger partial charge in [0.2, 0.25) is 0 Å². The molecular weight excluding hydrogens is 636 g/mol. The molecule has 1 fully saturated rings. The minimum absolute atomic E-state index is 0.105. The summed E-state index contributed by atoms with van der Waals surface area (Å²) < 4.78 is 56.6. The van der Waals surface area contributed by atoms with Crippen LogP contribution in [0.15, 0.2) is 41.5 Å². The van der Waals surface area contributed by atoms with Crippen LogP contribution in [-0.2, 0) is 25.3 Å². The lowest BCUT2D eigenvalue weighted by Gasteiger charge is -2.16. The lowest BCUT2D eigenvalue weighted by atomic mass is 10.1. The number of nitrogens with one attached hydrogen (secondary N) is 3. The molecule has 3 N–H and O–H groups in total. The maximum atomic E-state index is 13.2. The molecule has 0 saturated carbocycles. The maximum absolute atomic E-state index is 13.2. The first kappa shape index (κ1) is 30.1. The minimum atomic E-state index is -4.63. The molecule has 1 aliphatic rings. The van der Waals surface area contributed by atoms with E-state index < -0.39 is 36.1 Å². The van der Waals surface area contributed by atoms with Gasteiger partial charge < -0.3 is 24.8 Å². The first-order chi connectivity index (χ1) is 18.6. The first-order valence-corrected chi connectivity index (χ1v) is 12.9. The number of para-hydroxylation sites is 1. The number of ether oxygens (including phenoxy) is 3. The normalized spacial score (nSPS) is 15.2. The number of hydrazone groups is 1. The minimum Gasteiger partial charge on any atom is -0.490 e. The Morgan fingerprint density at radius 3 is 2.64 bits per heavy atom. The van der Waals surface area contributed by atoms with Gasteiger partial charge in [-0.1, -0.05) is 12.1 Å². The lowest BCUT2D eigenvalue weighted by molar-refractivity contribution is -0.139. The number of alkyl halides is 3. The van der Waals surface area contributed by atoms with Crippen molar-refractivity contribution in [3.8, 4) is 11.5 Å². The zero-order valence-corrected chi connectivity index (χ0v) is 22.9. The molecule has 14 heteroatoms. The van der Waals surface area contributed by atoms with Crippen molar-refractivity contribution in [2.24, 2.45) is 5.10 Å². The van der Waals surface area contributed by atoms with Gasteiger partial charge in [0.05, 0.1) is 33.7 Å². The van der Waals surface area contributed by atoms with Crippen LogP contribution in [0.4, 0.5) is 18.9 Å². The molecule has 39 heavy (non-hydrogen) atoms. The highest BCUT2D eigenvalue weighted by Crippen LogP contribution is 2.35. The van der Waals surface area contributed by atoms with Gasteiger partial charge in [-0.3, -0.25) is 14.4 Å². The standard InChI is InChI=1S/C25H26F3IN4O6/c1-2-37-20-11-15(12-31-33-24(36)23(35)30-13-16-6-5-9-38-16)10-18(29)22(20)39-14-21(34)32-19-8-4-3-7-17(19)25(26,27)28/h3-4,7-8,10-12,16H,2,5-6,9,13-14H2,1H3,(H,30,35)(H,32,34)(H,33,36)/b31-12-/t16-/m1/s1. The molecule has 0 unspecified atom stereocenters. The van der Waals surface area contributed by atoms with Crippen LogP contribution in [0.25, 0.3) is 0 Å². The third-order valence-electron chi connectivity index (χ3n) is 5.29. The predicted molar refractivity (Wildman–Crippen MR) is 144 cm³/mol. The van der Waals surface area contributed by atoms with E-state index in [1.807, 2.05) is 22.6 Å².